The number of ether oxygens (including phenoxy) is 3. The van der Waals surface area contributed by atoms with Crippen LogP contribution in [-0.4, -0.2) is 71.8 Å². The number of nitrogens with zero attached hydrogens (tertiary/aromatic N) is 2. The Hall–Kier alpha value is -4.82. The van der Waals surface area contributed by atoms with Crippen LogP contribution in [0.1, 0.15) is 34.0 Å². The van der Waals surface area contributed by atoms with Gasteiger partial charge in [-0.25, -0.2) is 4.57 Å². The number of phosphoric ester groups is 1. The van der Waals surface area contributed by atoms with E-state index in [-0.39, 0.29) is 62.6 Å². The molecule has 1 aliphatic rings. The maximum Gasteiger partial charge on any atom is 0.469 e. The molecule has 0 aliphatic carbocycles. The van der Waals surface area contributed by atoms with E-state index in [2.05, 4.69) is 9.84 Å². The highest BCUT2D eigenvalue weighted by Crippen LogP contribution is 2.44. The van der Waals surface area contributed by atoms with Gasteiger partial charge >= 0.3 is 7.82 Å². The van der Waals surface area contributed by atoms with E-state index in [0.717, 1.165) is 0 Å². The Morgan fingerprint density at radius 2 is 1.54 bits per heavy atom. The fraction of sp³-hybridized carbons (Fsp3) is 0.300. The Balaban J connectivity index is 1.22. The molecular formula is C30H32N3O12P. The van der Waals surface area contributed by atoms with Crippen molar-refractivity contribution in [2.45, 2.75) is 20.3 Å². The van der Waals surface area contributed by atoms with Gasteiger partial charge in [-0.1, -0.05) is 0 Å². The molecule has 46 heavy (non-hydrogen) atoms. The van der Waals surface area contributed by atoms with Crippen LogP contribution in [-0.2, 0) is 25.1 Å². The molecule has 0 fully saturated rings. The predicted molar refractivity (Wildman–Crippen MR) is 163 cm³/mol. The molecule has 0 bridgehead atoms. The van der Waals surface area contributed by atoms with E-state index in [4.69, 9.17) is 24.0 Å². The zero-order valence-electron chi connectivity index (χ0n) is 25.0. The number of aryl methyl sites for hydroxylation is 1. The van der Waals surface area contributed by atoms with Crippen LogP contribution in [0.5, 0.6) is 17.2 Å². The number of carbonyl (C=O) groups is 3. The number of nitrogens with one attached hydrogen (secondary N) is 1. The van der Waals surface area contributed by atoms with Gasteiger partial charge in [0.15, 0.2) is 12.4 Å². The molecule has 0 atom stereocenters. The number of nitro benzene ring substituents is 1. The van der Waals surface area contributed by atoms with Crippen molar-refractivity contribution < 1.29 is 52.4 Å². The number of ketones is 1. The number of hydrogen-bond donors (Lipinski definition) is 3. The van der Waals surface area contributed by atoms with Gasteiger partial charge < -0.3 is 34.2 Å². The minimum atomic E-state index is -4.56. The summed E-state index contributed by atoms with van der Waals surface area (Å²) < 4.78 is 31.7. The molecule has 3 N–H and O–H groups in total. The molecule has 0 saturated heterocycles. The molecule has 244 valence electrons. The molecule has 0 saturated carbocycles. The van der Waals surface area contributed by atoms with Crippen LogP contribution in [0.15, 0.2) is 54.6 Å². The van der Waals surface area contributed by atoms with Gasteiger partial charge in [-0.3, -0.25) is 29.0 Å². The fourth-order valence-electron chi connectivity index (χ4n) is 4.80. The number of fused-ring (bicyclic) bond motifs is 1. The SMILES string of the molecule is CC(=O)N1CCc2c(OCC(=O)NCCOc3ccc(C(=O)c4ccc(OCCOP(=O)(O)O)cc4)cc3)c(C)cc([N+](=O)[O-])c21. The Labute approximate surface area is 263 Å². The maximum atomic E-state index is 12.8. The van der Waals surface area contributed by atoms with E-state index in [0.29, 0.717) is 45.9 Å². The zero-order chi connectivity index (χ0) is 33.4. The number of benzene rings is 3. The summed E-state index contributed by atoms with van der Waals surface area (Å²) in [6, 6.07) is 14.0. The topological polar surface area (TPSA) is 204 Å². The van der Waals surface area contributed by atoms with Crippen molar-refractivity contribution in [2.24, 2.45) is 0 Å². The van der Waals surface area contributed by atoms with Crippen molar-refractivity contribution in [3.63, 3.8) is 0 Å². The Bertz CT molecular complexity index is 1660. The van der Waals surface area contributed by atoms with Crippen LogP contribution < -0.4 is 24.4 Å². The molecule has 3 aromatic carbocycles. The fourth-order valence-corrected chi connectivity index (χ4v) is 5.11. The van der Waals surface area contributed by atoms with Crippen molar-refractivity contribution in [1.82, 2.24) is 5.32 Å². The lowest BCUT2D eigenvalue weighted by Gasteiger charge is -2.17. The van der Waals surface area contributed by atoms with Crippen LogP contribution in [0.25, 0.3) is 0 Å². The van der Waals surface area contributed by atoms with Gasteiger partial charge in [0.05, 0.1) is 18.1 Å². The maximum absolute atomic E-state index is 12.8. The predicted octanol–water partition coefficient (Wildman–Crippen LogP) is 3.11. The minimum absolute atomic E-state index is 0.0804. The summed E-state index contributed by atoms with van der Waals surface area (Å²) in [5.74, 6) is 0.249. The first kappa shape index (κ1) is 34.1. The molecule has 1 aliphatic heterocycles. The molecule has 4 rings (SSSR count). The number of carbonyl (C=O) groups excluding carboxylic acids is 3. The Kier molecular flexibility index (Phi) is 11.1. The van der Waals surface area contributed by atoms with E-state index in [1.165, 1.54) is 17.9 Å². The highest BCUT2D eigenvalue weighted by molar-refractivity contribution is 7.46. The summed E-state index contributed by atoms with van der Waals surface area (Å²) >= 11 is 0. The normalized spacial score (nSPS) is 12.3. The molecule has 0 radical (unpaired) electrons. The van der Waals surface area contributed by atoms with Crippen molar-refractivity contribution in [3.05, 3.63) is 87.0 Å². The Morgan fingerprint density at radius 3 is 2.09 bits per heavy atom. The van der Waals surface area contributed by atoms with Crippen molar-refractivity contribution >= 4 is 36.8 Å². The summed E-state index contributed by atoms with van der Waals surface area (Å²) in [7, 11) is -4.56. The van der Waals surface area contributed by atoms with Gasteiger partial charge in [-0.05, 0) is 67.4 Å². The summed E-state index contributed by atoms with van der Waals surface area (Å²) in [4.78, 5) is 67.0. The number of hydrogen-bond acceptors (Lipinski definition) is 10. The molecule has 0 spiro atoms. The van der Waals surface area contributed by atoms with E-state index in [1.807, 2.05) is 0 Å². The number of anilines is 1. The second-order valence-electron chi connectivity index (χ2n) is 10.1. The molecule has 2 amide bonds. The van der Waals surface area contributed by atoms with Gasteiger partial charge in [0.1, 0.15) is 36.1 Å². The number of phosphoric acid groups is 1. The van der Waals surface area contributed by atoms with Crippen molar-refractivity contribution in [3.8, 4) is 17.2 Å². The highest BCUT2D eigenvalue weighted by atomic mass is 31.2. The highest BCUT2D eigenvalue weighted by Gasteiger charge is 2.34. The quantitative estimate of drug-likeness (QED) is 0.0709. The third-order valence-electron chi connectivity index (χ3n) is 6.83. The van der Waals surface area contributed by atoms with Crippen LogP contribution in [0.4, 0.5) is 11.4 Å². The second-order valence-corrected chi connectivity index (χ2v) is 11.3. The van der Waals surface area contributed by atoms with Crippen LogP contribution in [0, 0.1) is 17.0 Å². The van der Waals surface area contributed by atoms with Gasteiger partial charge in [0.25, 0.3) is 11.6 Å². The molecule has 16 heteroatoms. The standard InChI is InChI=1S/C30H32N3O12P/c1-19-17-26(33(37)38)28-25(11-13-32(28)20(2)34)30(19)44-18-27(35)31-12-14-42-23-7-3-21(4-8-23)29(36)22-5-9-24(10-6-22)43-15-16-45-46(39,40)41/h3-10,17H,11-16,18H2,1-2H3,(H,31,35)(H2,39,40,41). The zero-order valence-corrected chi connectivity index (χ0v) is 25.9. The molecule has 1 heterocycles. The Morgan fingerprint density at radius 1 is 0.957 bits per heavy atom. The molecule has 0 aromatic heterocycles. The number of amides is 2. The molecule has 3 aromatic rings. The first-order valence-electron chi connectivity index (χ1n) is 14.0. The van der Waals surface area contributed by atoms with Crippen LogP contribution in [0.2, 0.25) is 0 Å². The summed E-state index contributed by atoms with van der Waals surface area (Å²) in [5, 5.41) is 14.3. The van der Waals surface area contributed by atoms with E-state index in [1.54, 1.807) is 55.5 Å². The lowest BCUT2D eigenvalue weighted by atomic mass is 10.0. The van der Waals surface area contributed by atoms with Crippen molar-refractivity contribution in [1.29, 1.82) is 0 Å². The minimum Gasteiger partial charge on any atom is -0.492 e. The lowest BCUT2D eigenvalue weighted by molar-refractivity contribution is -0.384. The van der Waals surface area contributed by atoms with E-state index < -0.39 is 18.7 Å². The molecule has 0 unspecified atom stereocenters. The van der Waals surface area contributed by atoms with Crippen LogP contribution in [0.3, 0.4) is 0 Å². The van der Waals surface area contributed by atoms with Gasteiger partial charge in [0, 0.05) is 36.2 Å². The average Bonchev–Trinajstić information content (AvgIpc) is 3.46. The monoisotopic (exact) mass is 657 g/mol. The summed E-state index contributed by atoms with van der Waals surface area (Å²) in [5.41, 5.74) is 1.86. The number of nitro groups is 1. The molecule has 15 nitrogen and oxygen atoms in total. The first-order valence-corrected chi connectivity index (χ1v) is 15.6. The van der Waals surface area contributed by atoms with E-state index >= 15 is 0 Å². The largest absolute Gasteiger partial charge is 0.492 e. The third-order valence-corrected chi connectivity index (χ3v) is 7.35. The van der Waals surface area contributed by atoms with Gasteiger partial charge in [0.2, 0.25) is 5.91 Å². The van der Waals surface area contributed by atoms with Gasteiger partial charge in [-0.2, -0.15) is 0 Å². The van der Waals surface area contributed by atoms with Crippen LogP contribution >= 0.6 is 7.82 Å². The number of rotatable bonds is 15. The lowest BCUT2D eigenvalue weighted by Crippen LogP contribution is -2.32. The molecular weight excluding hydrogens is 625 g/mol. The summed E-state index contributed by atoms with van der Waals surface area (Å²) in [6.45, 7) is 2.87. The smallest absolute Gasteiger partial charge is 0.469 e. The third kappa shape index (κ3) is 8.88. The summed E-state index contributed by atoms with van der Waals surface area (Å²) in [6.07, 6.45) is 0.371. The average molecular weight is 658 g/mol. The second kappa shape index (κ2) is 15.0. The first-order chi connectivity index (χ1) is 21.8. The van der Waals surface area contributed by atoms with Gasteiger partial charge in [-0.15, -0.1) is 0 Å². The van der Waals surface area contributed by atoms with E-state index in [9.17, 15) is 29.1 Å². The van der Waals surface area contributed by atoms with Crippen molar-refractivity contribution in [2.75, 3.05) is 44.4 Å².